The topological polar surface area (TPSA) is 70.7 Å². The van der Waals surface area contributed by atoms with E-state index in [1.165, 1.54) is 0 Å². The van der Waals surface area contributed by atoms with Gasteiger partial charge in [0, 0.05) is 16.7 Å². The van der Waals surface area contributed by atoms with Crippen molar-refractivity contribution in [3.8, 4) is 0 Å². The molecule has 2 aromatic rings. The Morgan fingerprint density at radius 1 is 1.00 bits per heavy atom. The number of thiocarbonyl (C=S) groups is 1. The number of ether oxygens (including phenoxy) is 1. The molecule has 8 heteroatoms. The van der Waals surface area contributed by atoms with Gasteiger partial charge >= 0.3 is 0 Å². The van der Waals surface area contributed by atoms with E-state index in [9.17, 15) is 9.59 Å². The third kappa shape index (κ3) is 5.02. The van der Waals surface area contributed by atoms with E-state index in [1.54, 1.807) is 35.2 Å². The predicted octanol–water partition coefficient (Wildman–Crippen LogP) is 2.89. The second-order valence-corrected chi connectivity index (χ2v) is 7.41. The van der Waals surface area contributed by atoms with E-state index in [1.807, 2.05) is 18.2 Å². The smallest absolute Gasteiger partial charge is 0.258 e. The van der Waals surface area contributed by atoms with Crippen LogP contribution in [0.1, 0.15) is 20.7 Å². The molecule has 1 fully saturated rings. The van der Waals surface area contributed by atoms with Gasteiger partial charge in [-0.2, -0.15) is 0 Å². The number of rotatable bonds is 3. The second kappa shape index (κ2) is 9.25. The van der Waals surface area contributed by atoms with Gasteiger partial charge in [0.2, 0.25) is 0 Å². The van der Waals surface area contributed by atoms with E-state index in [0.29, 0.717) is 43.1 Å². The quantitative estimate of drug-likeness (QED) is 0.507. The number of benzene rings is 2. The molecule has 27 heavy (non-hydrogen) atoms. The first-order chi connectivity index (χ1) is 13.1. The molecule has 140 valence electrons. The van der Waals surface area contributed by atoms with Gasteiger partial charge < -0.3 is 15.0 Å². The van der Waals surface area contributed by atoms with Gasteiger partial charge in [0.15, 0.2) is 5.11 Å². The molecule has 0 aliphatic carbocycles. The summed E-state index contributed by atoms with van der Waals surface area (Å²) in [4.78, 5) is 26.9. The molecule has 1 aliphatic rings. The minimum Gasteiger partial charge on any atom is -0.378 e. The highest BCUT2D eigenvalue weighted by atomic mass is 127. The van der Waals surface area contributed by atoms with Crippen molar-refractivity contribution in [1.82, 2.24) is 10.2 Å². The van der Waals surface area contributed by atoms with Crippen LogP contribution in [0.4, 0.5) is 5.69 Å². The van der Waals surface area contributed by atoms with Gasteiger partial charge in [0.05, 0.1) is 30.0 Å². The zero-order chi connectivity index (χ0) is 19.2. The van der Waals surface area contributed by atoms with Crippen molar-refractivity contribution >= 4 is 57.4 Å². The van der Waals surface area contributed by atoms with Crippen LogP contribution >= 0.6 is 34.8 Å². The van der Waals surface area contributed by atoms with Crippen LogP contribution in [0.5, 0.6) is 0 Å². The number of morpholine rings is 1. The van der Waals surface area contributed by atoms with E-state index in [4.69, 9.17) is 17.0 Å². The van der Waals surface area contributed by atoms with Gasteiger partial charge in [-0.1, -0.05) is 24.3 Å². The Hall–Kier alpha value is -2.04. The van der Waals surface area contributed by atoms with Crippen LogP contribution in [0.3, 0.4) is 0 Å². The predicted molar refractivity (Wildman–Crippen MR) is 116 cm³/mol. The number of nitrogens with zero attached hydrogens (tertiary/aromatic N) is 1. The minimum absolute atomic E-state index is 0.0897. The Bertz CT molecular complexity index is 869. The summed E-state index contributed by atoms with van der Waals surface area (Å²) in [5.74, 6) is -0.386. The third-order valence-electron chi connectivity index (χ3n) is 4.05. The summed E-state index contributed by atoms with van der Waals surface area (Å²) in [7, 11) is 0. The van der Waals surface area contributed by atoms with Crippen molar-refractivity contribution in [2.45, 2.75) is 0 Å². The molecule has 1 heterocycles. The van der Waals surface area contributed by atoms with E-state index in [-0.39, 0.29) is 16.9 Å². The van der Waals surface area contributed by atoms with Gasteiger partial charge in [0.1, 0.15) is 0 Å². The molecule has 1 saturated heterocycles. The fourth-order valence-corrected chi connectivity index (χ4v) is 3.52. The summed E-state index contributed by atoms with van der Waals surface area (Å²) in [6, 6.07) is 14.4. The number of hydrogen-bond donors (Lipinski definition) is 2. The van der Waals surface area contributed by atoms with Crippen LogP contribution in [0.25, 0.3) is 0 Å². The Kier molecular flexibility index (Phi) is 6.75. The summed E-state index contributed by atoms with van der Waals surface area (Å²) < 4.78 is 6.13. The fourth-order valence-electron chi connectivity index (χ4n) is 2.68. The number of halogens is 1. The van der Waals surface area contributed by atoms with E-state index >= 15 is 0 Å². The first-order valence-corrected chi connectivity index (χ1v) is 9.88. The van der Waals surface area contributed by atoms with Gasteiger partial charge in [0.25, 0.3) is 11.8 Å². The maximum Gasteiger partial charge on any atom is 0.258 e. The number of carbonyl (C=O) groups excluding carboxylic acids is 2. The van der Waals surface area contributed by atoms with Gasteiger partial charge in [-0.3, -0.25) is 14.9 Å². The number of amides is 2. The van der Waals surface area contributed by atoms with Crippen molar-refractivity contribution in [3.63, 3.8) is 0 Å². The molecule has 0 spiro atoms. The molecule has 0 saturated carbocycles. The van der Waals surface area contributed by atoms with Crippen molar-refractivity contribution in [1.29, 1.82) is 0 Å². The zero-order valence-electron chi connectivity index (χ0n) is 14.4. The molecule has 1 aliphatic heterocycles. The average Bonchev–Trinajstić information content (AvgIpc) is 2.68. The lowest BCUT2D eigenvalue weighted by Gasteiger charge is -2.27. The van der Waals surface area contributed by atoms with Gasteiger partial charge in [-0.05, 0) is 59.1 Å². The molecule has 2 amide bonds. The lowest BCUT2D eigenvalue weighted by atomic mass is 10.1. The Balaban J connectivity index is 1.70. The number of nitrogens with one attached hydrogen (secondary N) is 2. The van der Waals surface area contributed by atoms with Crippen LogP contribution in [-0.4, -0.2) is 48.1 Å². The fraction of sp³-hybridized carbons (Fsp3) is 0.211. The molecule has 0 radical (unpaired) electrons. The molecule has 0 bridgehead atoms. The molecule has 2 N–H and O–H groups in total. The lowest BCUT2D eigenvalue weighted by molar-refractivity contribution is 0.0303. The largest absolute Gasteiger partial charge is 0.378 e. The number of hydrogen-bond acceptors (Lipinski definition) is 4. The second-order valence-electron chi connectivity index (χ2n) is 5.84. The Morgan fingerprint density at radius 2 is 1.63 bits per heavy atom. The summed E-state index contributed by atoms with van der Waals surface area (Å²) >= 11 is 7.37. The van der Waals surface area contributed by atoms with Crippen LogP contribution in [0, 0.1) is 3.57 Å². The van der Waals surface area contributed by atoms with Crippen molar-refractivity contribution in [2.24, 2.45) is 0 Å². The summed E-state index contributed by atoms with van der Waals surface area (Å²) in [6.07, 6.45) is 0. The highest BCUT2D eigenvalue weighted by Crippen LogP contribution is 2.18. The molecule has 0 unspecified atom stereocenters. The maximum absolute atomic E-state index is 12.8. The van der Waals surface area contributed by atoms with Gasteiger partial charge in [-0.25, -0.2) is 0 Å². The summed E-state index contributed by atoms with van der Waals surface area (Å²) in [5, 5.41) is 5.77. The zero-order valence-corrected chi connectivity index (χ0v) is 17.4. The molecule has 0 aromatic heterocycles. The van der Waals surface area contributed by atoms with Crippen LogP contribution in [0.2, 0.25) is 0 Å². The molecule has 3 rings (SSSR count). The van der Waals surface area contributed by atoms with Crippen molar-refractivity contribution in [2.75, 3.05) is 31.6 Å². The van der Waals surface area contributed by atoms with E-state index in [0.717, 1.165) is 3.57 Å². The maximum atomic E-state index is 12.8. The Morgan fingerprint density at radius 3 is 2.33 bits per heavy atom. The lowest BCUT2D eigenvalue weighted by Crippen LogP contribution is -2.41. The van der Waals surface area contributed by atoms with Crippen LogP contribution in [-0.2, 0) is 4.74 Å². The number of carbonyl (C=O) groups is 2. The number of para-hydroxylation sites is 1. The molecular weight excluding hydrogens is 477 g/mol. The number of anilines is 1. The SMILES string of the molecule is O=C(NC(=S)Nc1ccccc1C(=O)N1CCOCC1)c1ccccc1I. The summed E-state index contributed by atoms with van der Waals surface area (Å²) in [5.41, 5.74) is 1.60. The van der Waals surface area contributed by atoms with E-state index < -0.39 is 0 Å². The van der Waals surface area contributed by atoms with Gasteiger partial charge in [-0.15, -0.1) is 0 Å². The first kappa shape index (κ1) is 19.7. The Labute approximate surface area is 176 Å². The molecular formula is C19H18IN3O3S. The van der Waals surface area contributed by atoms with Crippen LogP contribution < -0.4 is 10.6 Å². The highest BCUT2D eigenvalue weighted by Gasteiger charge is 2.21. The van der Waals surface area contributed by atoms with Crippen LogP contribution in [0.15, 0.2) is 48.5 Å². The molecule has 6 nitrogen and oxygen atoms in total. The first-order valence-electron chi connectivity index (χ1n) is 8.39. The van der Waals surface area contributed by atoms with Crippen molar-refractivity contribution in [3.05, 3.63) is 63.2 Å². The van der Waals surface area contributed by atoms with E-state index in [2.05, 4.69) is 33.2 Å². The summed E-state index contributed by atoms with van der Waals surface area (Å²) in [6.45, 7) is 2.18. The standard InChI is InChI=1S/C19H18IN3O3S/c20-15-7-3-1-5-13(15)17(24)22-19(27)21-16-8-4-2-6-14(16)18(25)23-9-11-26-12-10-23/h1-8H,9-12H2,(H2,21,22,24,27). The molecule has 0 atom stereocenters. The monoisotopic (exact) mass is 495 g/mol. The normalized spacial score (nSPS) is 13.7. The third-order valence-corrected chi connectivity index (χ3v) is 5.19. The molecule has 2 aromatic carbocycles. The minimum atomic E-state index is -0.297. The van der Waals surface area contributed by atoms with Crippen molar-refractivity contribution < 1.29 is 14.3 Å². The highest BCUT2D eigenvalue weighted by molar-refractivity contribution is 14.1. The average molecular weight is 495 g/mol.